The molecule has 0 radical (unpaired) electrons. The van der Waals surface area contributed by atoms with E-state index in [1.807, 2.05) is 36.4 Å². The fraction of sp³-hybridized carbons (Fsp3) is 0.368. The van der Waals surface area contributed by atoms with E-state index in [-0.39, 0.29) is 5.54 Å². The van der Waals surface area contributed by atoms with E-state index in [1.54, 1.807) is 0 Å². The third-order valence-corrected chi connectivity index (χ3v) is 5.34. The van der Waals surface area contributed by atoms with E-state index in [4.69, 9.17) is 21.1 Å². The van der Waals surface area contributed by atoms with E-state index < -0.39 is 0 Å². The molecule has 2 aromatic carbocycles. The van der Waals surface area contributed by atoms with Gasteiger partial charge in [-0.3, -0.25) is 0 Å². The molecular formula is C19H20ClNO2. The third-order valence-electron chi connectivity index (χ3n) is 4.97. The van der Waals surface area contributed by atoms with Crippen molar-refractivity contribution < 1.29 is 9.47 Å². The van der Waals surface area contributed by atoms with Crippen molar-refractivity contribution >= 4 is 11.6 Å². The summed E-state index contributed by atoms with van der Waals surface area (Å²) < 4.78 is 11.9. The Bertz CT molecular complexity index is 733. The van der Waals surface area contributed by atoms with Gasteiger partial charge in [-0.15, -0.1) is 0 Å². The molecule has 23 heavy (non-hydrogen) atoms. The summed E-state index contributed by atoms with van der Waals surface area (Å²) >= 11 is 6.17. The average molecular weight is 330 g/mol. The second-order valence-corrected chi connectivity index (χ2v) is 6.96. The Balaban J connectivity index is 1.53. The van der Waals surface area contributed by atoms with Crippen LogP contribution in [-0.2, 0) is 6.61 Å². The van der Waals surface area contributed by atoms with Crippen molar-refractivity contribution in [3.05, 3.63) is 58.6 Å². The summed E-state index contributed by atoms with van der Waals surface area (Å²) in [6, 6.07) is 13.9. The molecule has 0 bridgehead atoms. The Morgan fingerprint density at radius 1 is 1.30 bits per heavy atom. The molecule has 1 N–H and O–H groups in total. The maximum atomic E-state index is 6.17. The first-order valence-corrected chi connectivity index (χ1v) is 8.41. The molecular weight excluding hydrogens is 310 g/mol. The molecule has 0 spiro atoms. The van der Waals surface area contributed by atoms with E-state index in [9.17, 15) is 0 Å². The zero-order valence-electron chi connectivity index (χ0n) is 13.1. The van der Waals surface area contributed by atoms with Crippen LogP contribution in [0.2, 0.25) is 5.02 Å². The number of halogens is 1. The topological polar surface area (TPSA) is 30.5 Å². The van der Waals surface area contributed by atoms with Gasteiger partial charge in [0.25, 0.3) is 0 Å². The zero-order chi connectivity index (χ0) is 15.9. The first-order valence-electron chi connectivity index (χ1n) is 8.04. The Morgan fingerprint density at radius 2 is 2.17 bits per heavy atom. The van der Waals surface area contributed by atoms with Crippen molar-refractivity contribution in [1.82, 2.24) is 5.32 Å². The maximum Gasteiger partial charge on any atom is 0.126 e. The summed E-state index contributed by atoms with van der Waals surface area (Å²) in [4.78, 5) is 0. The fourth-order valence-electron chi connectivity index (χ4n) is 3.62. The predicted molar refractivity (Wildman–Crippen MR) is 91.5 cm³/mol. The molecule has 1 fully saturated rings. The van der Waals surface area contributed by atoms with Crippen molar-refractivity contribution in [2.75, 3.05) is 13.2 Å². The number of benzene rings is 2. The minimum absolute atomic E-state index is 0.0624. The summed E-state index contributed by atoms with van der Waals surface area (Å²) in [5, 5.41) is 4.30. The van der Waals surface area contributed by atoms with E-state index in [0.717, 1.165) is 35.1 Å². The lowest BCUT2D eigenvalue weighted by atomic mass is 9.80. The first-order chi connectivity index (χ1) is 11.2. The van der Waals surface area contributed by atoms with Crippen LogP contribution in [-0.4, -0.2) is 18.7 Å². The van der Waals surface area contributed by atoms with Gasteiger partial charge < -0.3 is 14.8 Å². The van der Waals surface area contributed by atoms with Crippen molar-refractivity contribution in [2.24, 2.45) is 0 Å². The lowest BCUT2D eigenvalue weighted by Gasteiger charge is -2.37. The van der Waals surface area contributed by atoms with Crippen LogP contribution in [0.1, 0.15) is 30.4 Å². The van der Waals surface area contributed by atoms with Crippen LogP contribution in [0.5, 0.6) is 11.5 Å². The maximum absolute atomic E-state index is 6.17. The van der Waals surface area contributed by atoms with Crippen LogP contribution >= 0.6 is 11.6 Å². The molecule has 2 aromatic rings. The number of hydrogen-bond donors (Lipinski definition) is 1. The summed E-state index contributed by atoms with van der Waals surface area (Å²) in [7, 11) is 0. The van der Waals surface area contributed by atoms with Crippen molar-refractivity contribution in [2.45, 2.75) is 31.4 Å². The summed E-state index contributed by atoms with van der Waals surface area (Å²) in [6.07, 6.45) is 1.16. The van der Waals surface area contributed by atoms with Gasteiger partial charge in [0.05, 0.1) is 5.54 Å². The van der Waals surface area contributed by atoms with Gasteiger partial charge in [0.2, 0.25) is 0 Å². The number of nitrogens with one attached hydrogen (secondary N) is 1. The van der Waals surface area contributed by atoms with E-state index in [2.05, 4.69) is 18.3 Å². The van der Waals surface area contributed by atoms with Crippen molar-refractivity contribution in [1.29, 1.82) is 0 Å². The van der Waals surface area contributed by atoms with Gasteiger partial charge in [-0.2, -0.15) is 0 Å². The Hall–Kier alpha value is -1.71. The van der Waals surface area contributed by atoms with Crippen LogP contribution in [0.4, 0.5) is 0 Å². The fourth-order valence-corrected chi connectivity index (χ4v) is 3.81. The van der Waals surface area contributed by atoms with Gasteiger partial charge in [-0.25, -0.2) is 0 Å². The van der Waals surface area contributed by atoms with Gasteiger partial charge in [0.15, 0.2) is 0 Å². The quantitative estimate of drug-likeness (QED) is 0.917. The summed E-state index contributed by atoms with van der Waals surface area (Å²) in [5.74, 6) is 2.29. The second-order valence-electron chi connectivity index (χ2n) is 6.55. The van der Waals surface area contributed by atoms with Gasteiger partial charge in [-0.1, -0.05) is 35.9 Å². The van der Waals surface area contributed by atoms with Crippen LogP contribution in [0.3, 0.4) is 0 Å². The molecule has 2 aliphatic rings. The minimum Gasteiger partial charge on any atom is -0.491 e. The number of ether oxygens (including phenoxy) is 2. The molecule has 4 rings (SSSR count). The third kappa shape index (κ3) is 2.68. The minimum atomic E-state index is 0.0624. The van der Waals surface area contributed by atoms with Gasteiger partial charge in [0, 0.05) is 22.6 Å². The largest absolute Gasteiger partial charge is 0.491 e. The molecule has 2 heterocycles. The standard InChI is InChI=1S/C19H20ClNO2/c1-19-12-23-18-10-14(6-7-15(18)16(19)8-9-21-19)22-11-13-4-2-3-5-17(13)20/h2-7,10,16,21H,8-9,11-12H2,1H3/t16-,19+/m0/s1. The SMILES string of the molecule is C[C@@]12COc3cc(OCc4ccccc4Cl)ccc3[C@@H]1CCN2. The highest BCUT2D eigenvalue weighted by atomic mass is 35.5. The molecule has 3 nitrogen and oxygen atoms in total. The molecule has 0 amide bonds. The predicted octanol–water partition coefficient (Wildman–Crippen LogP) is 4.15. The average Bonchev–Trinajstić information content (AvgIpc) is 2.96. The van der Waals surface area contributed by atoms with Crippen molar-refractivity contribution in [3.8, 4) is 11.5 Å². The highest BCUT2D eigenvalue weighted by Gasteiger charge is 2.44. The van der Waals surface area contributed by atoms with E-state index in [1.165, 1.54) is 5.56 Å². The van der Waals surface area contributed by atoms with Crippen LogP contribution in [0.25, 0.3) is 0 Å². The molecule has 0 unspecified atom stereocenters. The molecule has 4 heteroatoms. The number of rotatable bonds is 3. The van der Waals surface area contributed by atoms with Gasteiger partial charge in [-0.05, 0) is 37.6 Å². The van der Waals surface area contributed by atoms with Crippen LogP contribution in [0.15, 0.2) is 42.5 Å². The monoisotopic (exact) mass is 329 g/mol. The van der Waals surface area contributed by atoms with Crippen LogP contribution in [0, 0.1) is 0 Å². The molecule has 0 saturated carbocycles. The molecule has 0 aliphatic carbocycles. The number of hydrogen-bond acceptors (Lipinski definition) is 3. The lowest BCUT2D eigenvalue weighted by molar-refractivity contribution is 0.169. The molecule has 1 saturated heterocycles. The number of fused-ring (bicyclic) bond motifs is 3. The second kappa shape index (κ2) is 5.73. The normalized spacial score (nSPS) is 25.4. The molecule has 120 valence electrons. The summed E-state index contributed by atoms with van der Waals surface area (Å²) in [5.41, 5.74) is 2.33. The smallest absolute Gasteiger partial charge is 0.126 e. The van der Waals surface area contributed by atoms with E-state index in [0.29, 0.717) is 19.1 Å². The van der Waals surface area contributed by atoms with Crippen molar-refractivity contribution in [3.63, 3.8) is 0 Å². The molecule has 0 aromatic heterocycles. The van der Waals surface area contributed by atoms with E-state index >= 15 is 0 Å². The highest BCUT2D eigenvalue weighted by molar-refractivity contribution is 6.31. The van der Waals surface area contributed by atoms with Crippen LogP contribution < -0.4 is 14.8 Å². The zero-order valence-corrected chi connectivity index (χ0v) is 13.9. The Morgan fingerprint density at radius 3 is 3.04 bits per heavy atom. The Kier molecular flexibility index (Phi) is 3.70. The Labute approximate surface area is 141 Å². The molecule has 2 atom stereocenters. The molecule has 2 aliphatic heterocycles. The highest BCUT2D eigenvalue weighted by Crippen LogP contribution is 2.45. The summed E-state index contributed by atoms with van der Waals surface area (Å²) in [6.45, 7) is 4.46. The first kappa shape index (κ1) is 14.9. The lowest BCUT2D eigenvalue weighted by Crippen LogP contribution is -2.48. The van der Waals surface area contributed by atoms with Gasteiger partial charge in [0.1, 0.15) is 24.7 Å². The van der Waals surface area contributed by atoms with Gasteiger partial charge >= 0.3 is 0 Å².